The van der Waals surface area contributed by atoms with Crippen LogP contribution in [0, 0.1) is 0 Å². The van der Waals surface area contributed by atoms with Crippen molar-refractivity contribution >= 4 is 29.5 Å². The Labute approximate surface area is 132 Å². The number of hydrogen-bond acceptors (Lipinski definition) is 4. The average Bonchev–Trinajstić information content (AvgIpc) is 2.91. The maximum absolute atomic E-state index is 11.9. The van der Waals surface area contributed by atoms with Crippen LogP contribution in [0.1, 0.15) is 11.1 Å². The highest BCUT2D eigenvalue weighted by Crippen LogP contribution is 2.23. The third-order valence-electron chi connectivity index (χ3n) is 3.15. The van der Waals surface area contributed by atoms with Gasteiger partial charge >= 0.3 is 5.97 Å². The molecule has 4 nitrogen and oxygen atoms in total. The van der Waals surface area contributed by atoms with Gasteiger partial charge in [0.05, 0.1) is 7.11 Å². The zero-order chi connectivity index (χ0) is 15.5. The van der Waals surface area contributed by atoms with Gasteiger partial charge in [0.25, 0.3) is 0 Å². The first-order valence-electron chi connectivity index (χ1n) is 6.59. The molecule has 0 N–H and O–H groups in total. The fourth-order valence-corrected chi connectivity index (χ4v) is 2.20. The smallest absolute Gasteiger partial charge is 0.363 e. The van der Waals surface area contributed by atoms with Crippen LogP contribution >= 0.6 is 11.6 Å². The van der Waals surface area contributed by atoms with E-state index in [1.54, 1.807) is 43.5 Å². The largest absolute Gasteiger partial charge is 0.497 e. The first-order valence-corrected chi connectivity index (χ1v) is 6.96. The summed E-state index contributed by atoms with van der Waals surface area (Å²) in [4.78, 5) is 16.2. The highest BCUT2D eigenvalue weighted by atomic mass is 35.5. The minimum absolute atomic E-state index is 0.221. The van der Waals surface area contributed by atoms with E-state index in [9.17, 15) is 4.79 Å². The molecule has 0 spiro atoms. The molecule has 110 valence electrons. The number of aliphatic imine (C=N–C) groups is 1. The predicted octanol–water partition coefficient (Wildman–Crippen LogP) is 3.69. The highest BCUT2D eigenvalue weighted by Gasteiger charge is 2.24. The number of carbonyl (C=O) groups is 1. The summed E-state index contributed by atoms with van der Waals surface area (Å²) in [6.45, 7) is 0. The van der Waals surface area contributed by atoms with E-state index in [0.717, 1.165) is 11.3 Å². The van der Waals surface area contributed by atoms with Gasteiger partial charge in [0.2, 0.25) is 5.90 Å². The van der Waals surface area contributed by atoms with Crippen LogP contribution in [0.2, 0.25) is 5.02 Å². The second-order valence-electron chi connectivity index (χ2n) is 4.59. The maximum atomic E-state index is 11.9. The molecular weight excluding hydrogens is 302 g/mol. The molecule has 1 aliphatic heterocycles. The number of carbonyl (C=O) groups excluding carboxylic acids is 1. The second kappa shape index (κ2) is 6.03. The Morgan fingerprint density at radius 3 is 2.55 bits per heavy atom. The minimum atomic E-state index is -0.495. The van der Waals surface area contributed by atoms with Gasteiger partial charge in [-0.15, -0.1) is 0 Å². The van der Waals surface area contributed by atoms with Crippen LogP contribution in [0.5, 0.6) is 5.75 Å². The lowest BCUT2D eigenvalue weighted by molar-refractivity contribution is -0.129. The Balaban J connectivity index is 1.92. The van der Waals surface area contributed by atoms with Gasteiger partial charge in [0.1, 0.15) is 5.75 Å². The van der Waals surface area contributed by atoms with Crippen molar-refractivity contribution in [1.82, 2.24) is 0 Å². The Morgan fingerprint density at radius 2 is 1.86 bits per heavy atom. The number of methoxy groups -OCH3 is 1. The van der Waals surface area contributed by atoms with Crippen molar-refractivity contribution in [3.05, 3.63) is 70.4 Å². The van der Waals surface area contributed by atoms with Crippen LogP contribution in [-0.4, -0.2) is 19.0 Å². The van der Waals surface area contributed by atoms with E-state index in [-0.39, 0.29) is 11.6 Å². The van der Waals surface area contributed by atoms with Crippen LogP contribution in [-0.2, 0) is 9.53 Å². The standard InChI is InChI=1S/C17H12ClNO3/c1-21-13-8-6-11(7-9-13)16-19-15(17(20)22-16)10-12-4-2-3-5-14(12)18/h2-10H,1H3. The Bertz CT molecular complexity index is 779. The molecule has 0 bridgehead atoms. The van der Waals surface area contributed by atoms with Crippen molar-refractivity contribution in [3.63, 3.8) is 0 Å². The van der Waals surface area contributed by atoms with Gasteiger partial charge in [-0.3, -0.25) is 0 Å². The maximum Gasteiger partial charge on any atom is 0.363 e. The Hall–Kier alpha value is -2.59. The van der Waals surface area contributed by atoms with Crippen LogP contribution in [0.25, 0.3) is 6.08 Å². The molecule has 0 saturated carbocycles. The van der Waals surface area contributed by atoms with Gasteiger partial charge in [-0.2, -0.15) is 0 Å². The zero-order valence-electron chi connectivity index (χ0n) is 11.7. The molecule has 0 radical (unpaired) electrons. The SMILES string of the molecule is COc1ccc(C2=NC(=Cc3ccccc3Cl)C(=O)O2)cc1. The second-order valence-corrected chi connectivity index (χ2v) is 4.99. The van der Waals surface area contributed by atoms with E-state index < -0.39 is 5.97 Å². The summed E-state index contributed by atoms with van der Waals surface area (Å²) < 4.78 is 10.3. The fraction of sp³-hybridized carbons (Fsp3) is 0.0588. The van der Waals surface area contributed by atoms with E-state index in [2.05, 4.69) is 4.99 Å². The first-order chi connectivity index (χ1) is 10.7. The molecule has 0 saturated heterocycles. The summed E-state index contributed by atoms with van der Waals surface area (Å²) in [5.74, 6) is 0.497. The molecule has 2 aromatic rings. The van der Waals surface area contributed by atoms with Crippen LogP contribution in [0.15, 0.2) is 59.2 Å². The average molecular weight is 314 g/mol. The normalized spacial score (nSPS) is 15.6. The van der Waals surface area contributed by atoms with Gasteiger partial charge in [-0.25, -0.2) is 9.79 Å². The molecule has 22 heavy (non-hydrogen) atoms. The van der Waals surface area contributed by atoms with Gasteiger partial charge in [-0.1, -0.05) is 29.8 Å². The fourth-order valence-electron chi connectivity index (χ4n) is 2.01. The van der Waals surface area contributed by atoms with Gasteiger partial charge in [-0.05, 0) is 42.0 Å². The Morgan fingerprint density at radius 1 is 1.14 bits per heavy atom. The Kier molecular flexibility index (Phi) is 3.94. The number of ether oxygens (including phenoxy) is 2. The summed E-state index contributed by atoms with van der Waals surface area (Å²) >= 11 is 6.08. The lowest BCUT2D eigenvalue weighted by Gasteiger charge is -2.01. The first kappa shape index (κ1) is 14.4. The molecule has 0 atom stereocenters. The van der Waals surface area contributed by atoms with E-state index in [1.807, 2.05) is 18.2 Å². The van der Waals surface area contributed by atoms with Crippen molar-refractivity contribution < 1.29 is 14.3 Å². The summed E-state index contributed by atoms with van der Waals surface area (Å²) in [6, 6.07) is 14.3. The molecule has 0 aliphatic carbocycles. The molecule has 2 aromatic carbocycles. The molecule has 5 heteroatoms. The molecule has 0 fully saturated rings. The van der Waals surface area contributed by atoms with Crippen molar-refractivity contribution in [2.75, 3.05) is 7.11 Å². The van der Waals surface area contributed by atoms with Crippen molar-refractivity contribution in [3.8, 4) is 5.75 Å². The van der Waals surface area contributed by atoms with Gasteiger partial charge in [0.15, 0.2) is 5.70 Å². The molecular formula is C17H12ClNO3. The summed E-state index contributed by atoms with van der Waals surface area (Å²) in [5, 5.41) is 0.552. The van der Waals surface area contributed by atoms with Crippen molar-refractivity contribution in [2.24, 2.45) is 4.99 Å². The van der Waals surface area contributed by atoms with E-state index >= 15 is 0 Å². The lowest BCUT2D eigenvalue weighted by Crippen LogP contribution is -2.05. The number of esters is 1. The van der Waals surface area contributed by atoms with Crippen LogP contribution < -0.4 is 4.74 Å². The summed E-state index contributed by atoms with van der Waals surface area (Å²) in [5.41, 5.74) is 1.64. The molecule has 3 rings (SSSR count). The molecule has 0 unspecified atom stereocenters. The number of halogens is 1. The van der Waals surface area contributed by atoms with Gasteiger partial charge < -0.3 is 9.47 Å². The lowest BCUT2D eigenvalue weighted by atomic mass is 10.2. The number of cyclic esters (lactones) is 1. The molecule has 0 aromatic heterocycles. The predicted molar refractivity (Wildman–Crippen MR) is 85.1 cm³/mol. The molecule has 1 aliphatic rings. The van der Waals surface area contributed by atoms with E-state index in [1.165, 1.54) is 0 Å². The number of benzene rings is 2. The number of nitrogens with zero attached hydrogens (tertiary/aromatic N) is 1. The van der Waals surface area contributed by atoms with Gasteiger partial charge in [0, 0.05) is 10.6 Å². The molecule has 0 amide bonds. The monoisotopic (exact) mass is 313 g/mol. The van der Waals surface area contributed by atoms with E-state index in [4.69, 9.17) is 21.1 Å². The van der Waals surface area contributed by atoms with Crippen LogP contribution in [0.3, 0.4) is 0 Å². The third-order valence-corrected chi connectivity index (χ3v) is 3.50. The third kappa shape index (κ3) is 2.87. The van der Waals surface area contributed by atoms with Crippen molar-refractivity contribution in [2.45, 2.75) is 0 Å². The number of rotatable bonds is 3. The van der Waals surface area contributed by atoms with Crippen molar-refractivity contribution in [1.29, 1.82) is 0 Å². The summed E-state index contributed by atoms with van der Waals surface area (Å²) in [7, 11) is 1.59. The quantitative estimate of drug-likeness (QED) is 0.641. The number of hydrogen-bond donors (Lipinski definition) is 0. The van der Waals surface area contributed by atoms with Crippen LogP contribution in [0.4, 0.5) is 0 Å². The highest BCUT2D eigenvalue weighted by molar-refractivity contribution is 6.32. The minimum Gasteiger partial charge on any atom is -0.497 e. The summed E-state index contributed by atoms with van der Waals surface area (Å²) in [6.07, 6.45) is 1.61. The zero-order valence-corrected chi connectivity index (χ0v) is 12.5. The van der Waals surface area contributed by atoms with E-state index in [0.29, 0.717) is 10.6 Å². The molecule has 1 heterocycles. The topological polar surface area (TPSA) is 47.9 Å².